The fourth-order valence-corrected chi connectivity index (χ4v) is 2.59. The van der Waals surface area contributed by atoms with Gasteiger partial charge >= 0.3 is 0 Å². The highest BCUT2D eigenvalue weighted by atomic mass is 16.5. The highest BCUT2D eigenvalue weighted by molar-refractivity contribution is 5.81. The molecule has 0 unspecified atom stereocenters. The predicted octanol–water partition coefficient (Wildman–Crippen LogP) is 3.61. The maximum Gasteiger partial charge on any atom is 0.261 e. The molecule has 1 amide bonds. The summed E-state index contributed by atoms with van der Waals surface area (Å²) < 4.78 is 16.1. The summed E-state index contributed by atoms with van der Waals surface area (Å²) >= 11 is 0. The fourth-order valence-electron chi connectivity index (χ4n) is 2.59. The minimum absolute atomic E-state index is 0.0889. The molecule has 2 aromatic carbocycles. The zero-order valence-corrected chi connectivity index (χ0v) is 15.7. The van der Waals surface area contributed by atoms with Crippen molar-refractivity contribution in [3.05, 3.63) is 54.1 Å². The molecule has 0 radical (unpaired) electrons. The van der Waals surface area contributed by atoms with Gasteiger partial charge in [0.05, 0.1) is 14.2 Å². The van der Waals surface area contributed by atoms with Crippen molar-refractivity contribution in [2.45, 2.75) is 32.3 Å². The van der Waals surface area contributed by atoms with Gasteiger partial charge in [0.25, 0.3) is 5.91 Å². The molecule has 2 rings (SSSR count). The van der Waals surface area contributed by atoms with Crippen molar-refractivity contribution in [3.63, 3.8) is 0 Å². The molecule has 0 aliphatic rings. The van der Waals surface area contributed by atoms with E-state index in [1.165, 1.54) is 5.56 Å². The fraction of sp³-hybridized carbons (Fsp3) is 0.381. The van der Waals surface area contributed by atoms with E-state index in [2.05, 4.69) is 11.4 Å². The summed E-state index contributed by atoms with van der Waals surface area (Å²) in [5.74, 6) is 2.18. The Morgan fingerprint density at radius 1 is 1.00 bits per heavy atom. The van der Waals surface area contributed by atoms with Gasteiger partial charge in [-0.25, -0.2) is 0 Å². The first kappa shape index (κ1) is 19.6. The van der Waals surface area contributed by atoms with Gasteiger partial charge in [0, 0.05) is 6.54 Å². The lowest BCUT2D eigenvalue weighted by atomic mass is 10.1. The molecule has 0 bridgehead atoms. The number of carbonyl (C=O) groups excluding carboxylic acids is 1. The highest BCUT2D eigenvalue weighted by Crippen LogP contribution is 2.19. The maximum atomic E-state index is 12.3. The van der Waals surface area contributed by atoms with Gasteiger partial charge in [-0.2, -0.15) is 0 Å². The summed E-state index contributed by atoms with van der Waals surface area (Å²) in [6, 6.07) is 15.2. The number of hydrogen-bond donors (Lipinski definition) is 1. The van der Waals surface area contributed by atoms with Crippen LogP contribution in [-0.2, 0) is 11.2 Å². The summed E-state index contributed by atoms with van der Waals surface area (Å²) in [6.07, 6.45) is 1.85. The van der Waals surface area contributed by atoms with E-state index in [0.29, 0.717) is 18.7 Å². The molecule has 0 saturated carbocycles. The first-order valence-corrected chi connectivity index (χ1v) is 8.87. The van der Waals surface area contributed by atoms with Crippen LogP contribution in [0.1, 0.15) is 25.3 Å². The number of aryl methyl sites for hydroxylation is 1. The van der Waals surface area contributed by atoms with Gasteiger partial charge < -0.3 is 19.5 Å². The standard InChI is InChI=1S/C21H27NO4/c1-4-20(26-18-12-10-17(24-2)11-13-18)21(23)22-14-6-8-16-7-5-9-19(15-16)25-3/h5,7,9-13,15,20H,4,6,8,14H2,1-3H3,(H,22,23)/t20-/m0/s1. The number of ether oxygens (including phenoxy) is 3. The van der Waals surface area contributed by atoms with Gasteiger partial charge in [0.1, 0.15) is 17.2 Å². The number of amides is 1. The van der Waals surface area contributed by atoms with Crippen molar-refractivity contribution in [3.8, 4) is 17.2 Å². The van der Waals surface area contributed by atoms with Crippen LogP contribution in [0.2, 0.25) is 0 Å². The van der Waals surface area contributed by atoms with Crippen LogP contribution in [0.25, 0.3) is 0 Å². The molecular weight excluding hydrogens is 330 g/mol. The van der Waals surface area contributed by atoms with Crippen LogP contribution < -0.4 is 19.5 Å². The molecule has 0 heterocycles. The van der Waals surface area contributed by atoms with E-state index < -0.39 is 6.10 Å². The van der Waals surface area contributed by atoms with E-state index in [1.807, 2.05) is 37.3 Å². The zero-order chi connectivity index (χ0) is 18.8. The van der Waals surface area contributed by atoms with E-state index in [9.17, 15) is 4.79 Å². The SMILES string of the molecule is CC[C@H](Oc1ccc(OC)cc1)C(=O)NCCCc1cccc(OC)c1. The lowest BCUT2D eigenvalue weighted by molar-refractivity contribution is -0.128. The average molecular weight is 357 g/mol. The minimum Gasteiger partial charge on any atom is -0.497 e. The normalized spacial score (nSPS) is 11.5. The first-order valence-electron chi connectivity index (χ1n) is 8.87. The third-order valence-electron chi connectivity index (χ3n) is 4.08. The Morgan fingerprint density at radius 2 is 1.69 bits per heavy atom. The van der Waals surface area contributed by atoms with Crippen LogP contribution in [0.15, 0.2) is 48.5 Å². The quantitative estimate of drug-likeness (QED) is 0.660. The number of carbonyl (C=O) groups is 1. The lowest BCUT2D eigenvalue weighted by Crippen LogP contribution is -2.38. The van der Waals surface area contributed by atoms with Gasteiger partial charge in [-0.3, -0.25) is 4.79 Å². The zero-order valence-electron chi connectivity index (χ0n) is 15.7. The summed E-state index contributed by atoms with van der Waals surface area (Å²) in [7, 11) is 3.27. The molecule has 0 aliphatic heterocycles. The number of hydrogen-bond acceptors (Lipinski definition) is 4. The third kappa shape index (κ3) is 5.99. The van der Waals surface area contributed by atoms with Crippen LogP contribution in [0, 0.1) is 0 Å². The van der Waals surface area contributed by atoms with Crippen LogP contribution >= 0.6 is 0 Å². The van der Waals surface area contributed by atoms with Crippen LogP contribution in [0.4, 0.5) is 0 Å². The van der Waals surface area contributed by atoms with Crippen molar-refractivity contribution < 1.29 is 19.0 Å². The second kappa shape index (κ2) is 10.3. The summed E-state index contributed by atoms with van der Waals surface area (Å²) in [4.78, 5) is 12.3. The molecule has 0 aliphatic carbocycles. The average Bonchev–Trinajstić information content (AvgIpc) is 2.69. The molecule has 1 atom stereocenters. The van der Waals surface area contributed by atoms with Crippen molar-refractivity contribution in [2.75, 3.05) is 20.8 Å². The molecule has 26 heavy (non-hydrogen) atoms. The summed E-state index contributed by atoms with van der Waals surface area (Å²) in [5, 5.41) is 2.96. The summed E-state index contributed by atoms with van der Waals surface area (Å²) in [5.41, 5.74) is 1.19. The van der Waals surface area contributed by atoms with Gasteiger partial charge in [0.2, 0.25) is 0 Å². The molecule has 0 spiro atoms. The van der Waals surface area contributed by atoms with Crippen LogP contribution in [0.3, 0.4) is 0 Å². The number of benzene rings is 2. The number of methoxy groups -OCH3 is 2. The van der Waals surface area contributed by atoms with Gasteiger partial charge in [-0.1, -0.05) is 19.1 Å². The van der Waals surface area contributed by atoms with E-state index in [0.717, 1.165) is 24.3 Å². The monoisotopic (exact) mass is 357 g/mol. The molecule has 1 N–H and O–H groups in total. The Balaban J connectivity index is 1.77. The molecule has 5 heteroatoms. The molecule has 0 aromatic heterocycles. The lowest BCUT2D eigenvalue weighted by Gasteiger charge is -2.17. The van der Waals surface area contributed by atoms with Gasteiger partial charge in [0.15, 0.2) is 6.10 Å². The number of rotatable bonds is 10. The van der Waals surface area contributed by atoms with Crippen molar-refractivity contribution in [1.82, 2.24) is 5.32 Å². The van der Waals surface area contributed by atoms with Crippen molar-refractivity contribution >= 4 is 5.91 Å². The predicted molar refractivity (Wildman–Crippen MR) is 102 cm³/mol. The Labute approximate surface area is 155 Å². The Bertz CT molecular complexity index is 685. The molecule has 2 aromatic rings. The van der Waals surface area contributed by atoms with E-state index in [1.54, 1.807) is 26.4 Å². The molecule has 5 nitrogen and oxygen atoms in total. The topological polar surface area (TPSA) is 56.8 Å². The smallest absolute Gasteiger partial charge is 0.261 e. The minimum atomic E-state index is -0.500. The largest absolute Gasteiger partial charge is 0.497 e. The maximum absolute atomic E-state index is 12.3. The van der Waals surface area contributed by atoms with Crippen molar-refractivity contribution in [1.29, 1.82) is 0 Å². The first-order chi connectivity index (χ1) is 12.7. The molecule has 0 fully saturated rings. The van der Waals surface area contributed by atoms with E-state index >= 15 is 0 Å². The van der Waals surface area contributed by atoms with Crippen LogP contribution in [0.5, 0.6) is 17.2 Å². The van der Waals surface area contributed by atoms with Crippen LogP contribution in [-0.4, -0.2) is 32.8 Å². The van der Waals surface area contributed by atoms with E-state index in [-0.39, 0.29) is 5.91 Å². The Morgan fingerprint density at radius 3 is 2.35 bits per heavy atom. The van der Waals surface area contributed by atoms with Gasteiger partial charge in [-0.15, -0.1) is 0 Å². The molecule has 140 valence electrons. The van der Waals surface area contributed by atoms with E-state index in [4.69, 9.17) is 14.2 Å². The van der Waals surface area contributed by atoms with Crippen molar-refractivity contribution in [2.24, 2.45) is 0 Å². The third-order valence-corrected chi connectivity index (χ3v) is 4.08. The highest BCUT2D eigenvalue weighted by Gasteiger charge is 2.17. The Hall–Kier alpha value is -2.69. The summed E-state index contributed by atoms with van der Waals surface area (Å²) in [6.45, 7) is 2.54. The molecule has 0 saturated heterocycles. The molecular formula is C21H27NO4. The Kier molecular flexibility index (Phi) is 7.80. The second-order valence-electron chi connectivity index (χ2n) is 5.94. The second-order valence-corrected chi connectivity index (χ2v) is 5.94. The number of nitrogens with one attached hydrogen (secondary N) is 1. The van der Waals surface area contributed by atoms with Gasteiger partial charge in [-0.05, 0) is 61.2 Å².